The van der Waals surface area contributed by atoms with Crippen molar-refractivity contribution in [2.24, 2.45) is 5.73 Å². The SMILES string of the molecule is NC(=O)C(NS(=O)(=O)c1ccc(Cl)nc1)c1ccccc1. The van der Waals surface area contributed by atoms with Crippen LogP contribution in [0.5, 0.6) is 0 Å². The molecule has 8 heteroatoms. The number of amides is 1. The van der Waals surface area contributed by atoms with Gasteiger partial charge in [-0.25, -0.2) is 13.4 Å². The summed E-state index contributed by atoms with van der Waals surface area (Å²) >= 11 is 5.61. The highest BCUT2D eigenvalue weighted by atomic mass is 35.5. The van der Waals surface area contributed by atoms with Crippen molar-refractivity contribution in [2.45, 2.75) is 10.9 Å². The summed E-state index contributed by atoms with van der Waals surface area (Å²) in [6.07, 6.45) is 1.10. The van der Waals surface area contributed by atoms with Gasteiger partial charge in [-0.3, -0.25) is 4.79 Å². The topological polar surface area (TPSA) is 102 Å². The number of nitrogens with two attached hydrogens (primary N) is 1. The van der Waals surface area contributed by atoms with Gasteiger partial charge < -0.3 is 5.73 Å². The average molecular weight is 326 g/mol. The second-order valence-electron chi connectivity index (χ2n) is 4.18. The van der Waals surface area contributed by atoms with Crippen LogP contribution in [0.4, 0.5) is 0 Å². The first kappa shape index (κ1) is 15.4. The van der Waals surface area contributed by atoms with Crippen LogP contribution in [-0.4, -0.2) is 19.3 Å². The molecule has 21 heavy (non-hydrogen) atoms. The van der Waals surface area contributed by atoms with Gasteiger partial charge in [0.05, 0.1) is 0 Å². The van der Waals surface area contributed by atoms with Gasteiger partial charge >= 0.3 is 0 Å². The number of carbonyl (C=O) groups is 1. The van der Waals surface area contributed by atoms with Crippen molar-refractivity contribution in [3.63, 3.8) is 0 Å². The lowest BCUT2D eigenvalue weighted by atomic mass is 10.1. The number of carbonyl (C=O) groups excluding carboxylic acids is 1. The predicted octanol–water partition coefficient (Wildman–Crippen LogP) is 1.24. The molecule has 2 rings (SSSR count). The van der Waals surface area contributed by atoms with E-state index < -0.39 is 22.0 Å². The predicted molar refractivity (Wildman–Crippen MR) is 77.9 cm³/mol. The standard InChI is InChI=1S/C13H12ClN3O3S/c14-11-7-6-10(8-16-11)21(19,20)17-12(13(15)18)9-4-2-1-3-5-9/h1-8,12,17H,(H2,15,18). The Morgan fingerprint density at radius 2 is 1.86 bits per heavy atom. The minimum Gasteiger partial charge on any atom is -0.368 e. The highest BCUT2D eigenvalue weighted by Gasteiger charge is 2.25. The van der Waals surface area contributed by atoms with Crippen molar-refractivity contribution in [3.8, 4) is 0 Å². The molecule has 0 fully saturated rings. The van der Waals surface area contributed by atoms with E-state index in [1.165, 1.54) is 12.1 Å². The van der Waals surface area contributed by atoms with E-state index in [2.05, 4.69) is 9.71 Å². The first-order valence-electron chi connectivity index (χ1n) is 5.88. The van der Waals surface area contributed by atoms with Crippen molar-refractivity contribution in [3.05, 3.63) is 59.4 Å². The Morgan fingerprint density at radius 1 is 1.19 bits per heavy atom. The molecule has 2 aromatic rings. The van der Waals surface area contributed by atoms with Gasteiger partial charge in [0.1, 0.15) is 16.1 Å². The molecule has 0 aliphatic rings. The molecule has 1 atom stereocenters. The lowest BCUT2D eigenvalue weighted by Gasteiger charge is -2.15. The Balaban J connectivity index is 2.32. The maximum absolute atomic E-state index is 12.2. The first-order valence-corrected chi connectivity index (χ1v) is 7.74. The minimum absolute atomic E-state index is 0.103. The fraction of sp³-hybridized carbons (Fsp3) is 0.0769. The number of hydrogen-bond donors (Lipinski definition) is 2. The molecule has 0 aliphatic heterocycles. The molecular weight excluding hydrogens is 314 g/mol. The summed E-state index contributed by atoms with van der Waals surface area (Å²) in [5, 5.41) is 0.170. The molecule has 1 aromatic carbocycles. The number of halogens is 1. The molecule has 0 saturated carbocycles. The Hall–Kier alpha value is -1.96. The van der Waals surface area contributed by atoms with Crippen molar-refractivity contribution in [2.75, 3.05) is 0 Å². The summed E-state index contributed by atoms with van der Waals surface area (Å²) in [5.41, 5.74) is 5.73. The number of nitrogens with zero attached hydrogens (tertiary/aromatic N) is 1. The van der Waals surface area contributed by atoms with E-state index in [1.54, 1.807) is 30.3 Å². The van der Waals surface area contributed by atoms with Crippen LogP contribution >= 0.6 is 11.6 Å². The lowest BCUT2D eigenvalue weighted by Crippen LogP contribution is -2.37. The highest BCUT2D eigenvalue weighted by molar-refractivity contribution is 7.89. The quantitative estimate of drug-likeness (QED) is 0.807. The zero-order chi connectivity index (χ0) is 15.5. The van der Waals surface area contributed by atoms with E-state index in [0.717, 1.165) is 6.20 Å². The molecule has 3 N–H and O–H groups in total. The molecule has 1 amide bonds. The Morgan fingerprint density at radius 3 is 2.38 bits per heavy atom. The van der Waals surface area contributed by atoms with Crippen molar-refractivity contribution < 1.29 is 13.2 Å². The van der Waals surface area contributed by atoms with Crippen LogP contribution in [0, 0.1) is 0 Å². The number of rotatable bonds is 5. The van der Waals surface area contributed by atoms with E-state index in [9.17, 15) is 13.2 Å². The fourth-order valence-electron chi connectivity index (χ4n) is 1.68. The molecule has 110 valence electrons. The van der Waals surface area contributed by atoms with Gasteiger partial charge in [0.25, 0.3) is 0 Å². The van der Waals surface area contributed by atoms with Gasteiger partial charge in [-0.2, -0.15) is 4.72 Å². The fourth-order valence-corrected chi connectivity index (χ4v) is 2.93. The van der Waals surface area contributed by atoms with Crippen LogP contribution < -0.4 is 10.5 Å². The maximum Gasteiger partial charge on any atom is 0.243 e. The molecule has 1 aromatic heterocycles. The van der Waals surface area contributed by atoms with E-state index >= 15 is 0 Å². The van der Waals surface area contributed by atoms with Crippen LogP contribution in [0.1, 0.15) is 11.6 Å². The van der Waals surface area contributed by atoms with Gasteiger partial charge in [-0.15, -0.1) is 0 Å². The molecule has 1 heterocycles. The summed E-state index contributed by atoms with van der Waals surface area (Å²) in [6.45, 7) is 0. The third-order valence-electron chi connectivity index (χ3n) is 2.70. The highest BCUT2D eigenvalue weighted by Crippen LogP contribution is 2.17. The van der Waals surface area contributed by atoms with Crippen molar-refractivity contribution in [1.82, 2.24) is 9.71 Å². The van der Waals surface area contributed by atoms with Gasteiger partial charge in [0.15, 0.2) is 0 Å². The third-order valence-corrected chi connectivity index (χ3v) is 4.33. The Labute approximate surface area is 127 Å². The zero-order valence-corrected chi connectivity index (χ0v) is 12.3. The summed E-state index contributed by atoms with van der Waals surface area (Å²) in [4.78, 5) is 15.1. The molecule has 0 spiro atoms. The van der Waals surface area contributed by atoms with E-state index in [-0.39, 0.29) is 10.0 Å². The molecule has 0 aliphatic carbocycles. The Kier molecular flexibility index (Phi) is 4.56. The smallest absolute Gasteiger partial charge is 0.243 e. The number of primary amides is 1. The van der Waals surface area contributed by atoms with Crippen LogP contribution in [0.25, 0.3) is 0 Å². The van der Waals surface area contributed by atoms with Gasteiger partial charge in [0.2, 0.25) is 15.9 Å². The molecule has 0 radical (unpaired) electrons. The minimum atomic E-state index is -3.94. The van der Waals surface area contributed by atoms with Gasteiger partial charge in [0, 0.05) is 6.20 Å². The van der Waals surface area contributed by atoms with Crippen LogP contribution in [0.2, 0.25) is 5.15 Å². The van der Waals surface area contributed by atoms with Crippen molar-refractivity contribution in [1.29, 1.82) is 0 Å². The lowest BCUT2D eigenvalue weighted by molar-refractivity contribution is -0.119. The van der Waals surface area contributed by atoms with E-state index in [1.807, 2.05) is 0 Å². The monoisotopic (exact) mass is 325 g/mol. The molecular formula is C13H12ClN3O3S. The number of hydrogen-bond acceptors (Lipinski definition) is 4. The van der Waals surface area contributed by atoms with Crippen LogP contribution in [0.15, 0.2) is 53.6 Å². The summed E-state index contributed by atoms with van der Waals surface area (Å²) < 4.78 is 26.7. The number of nitrogens with one attached hydrogen (secondary N) is 1. The zero-order valence-electron chi connectivity index (χ0n) is 10.7. The van der Waals surface area contributed by atoms with E-state index in [4.69, 9.17) is 17.3 Å². The molecule has 0 bridgehead atoms. The molecule has 0 saturated heterocycles. The maximum atomic E-state index is 12.2. The number of benzene rings is 1. The van der Waals surface area contributed by atoms with Crippen molar-refractivity contribution >= 4 is 27.5 Å². The second-order valence-corrected chi connectivity index (χ2v) is 6.29. The van der Waals surface area contributed by atoms with E-state index in [0.29, 0.717) is 5.56 Å². The third kappa shape index (κ3) is 3.78. The first-order chi connectivity index (χ1) is 9.90. The van der Waals surface area contributed by atoms with Crippen LogP contribution in [-0.2, 0) is 14.8 Å². The molecule has 6 nitrogen and oxygen atoms in total. The largest absolute Gasteiger partial charge is 0.368 e. The normalized spacial score (nSPS) is 12.8. The number of aromatic nitrogens is 1. The summed E-state index contributed by atoms with van der Waals surface area (Å²) in [7, 11) is -3.94. The summed E-state index contributed by atoms with van der Waals surface area (Å²) in [6, 6.07) is 9.81. The van der Waals surface area contributed by atoms with Crippen LogP contribution in [0.3, 0.4) is 0 Å². The number of sulfonamides is 1. The average Bonchev–Trinajstić information content (AvgIpc) is 2.46. The van der Waals surface area contributed by atoms with Gasteiger partial charge in [-0.1, -0.05) is 41.9 Å². The summed E-state index contributed by atoms with van der Waals surface area (Å²) in [5.74, 6) is -0.799. The molecule has 1 unspecified atom stereocenters. The second kappa shape index (κ2) is 6.21. The van der Waals surface area contributed by atoms with Gasteiger partial charge in [-0.05, 0) is 17.7 Å². The Bertz CT molecular complexity index is 733. The number of pyridine rings is 1.